The molecule has 0 fully saturated rings. The predicted octanol–water partition coefficient (Wildman–Crippen LogP) is 2.62. The van der Waals surface area contributed by atoms with Gasteiger partial charge < -0.3 is 0 Å². The van der Waals surface area contributed by atoms with E-state index in [1.54, 1.807) is 28.2 Å². The Bertz CT molecular complexity index is 615. The van der Waals surface area contributed by atoms with E-state index in [9.17, 15) is 0 Å². The molecule has 0 bridgehead atoms. The van der Waals surface area contributed by atoms with Crippen molar-refractivity contribution in [3.05, 3.63) is 34.6 Å². The van der Waals surface area contributed by atoms with Crippen LogP contribution < -0.4 is 0 Å². The molecule has 3 rings (SSSR count). The van der Waals surface area contributed by atoms with Crippen molar-refractivity contribution >= 4 is 32.9 Å². The maximum Gasteiger partial charge on any atom is 0.165 e. The highest BCUT2D eigenvalue weighted by Gasteiger charge is 2.10. The van der Waals surface area contributed by atoms with Crippen molar-refractivity contribution < 1.29 is 0 Å². The third kappa shape index (κ3) is 1.46. The highest BCUT2D eigenvalue weighted by Crippen LogP contribution is 2.28. The summed E-state index contributed by atoms with van der Waals surface area (Å²) in [4.78, 5) is 8.62. The normalized spacial score (nSPS) is 11.0. The second-order valence-corrected chi connectivity index (χ2v) is 4.59. The molecule has 0 atom stereocenters. The SMILES string of the molecule is Brc1csc(-c2cnn3cccnc23)n1. The molecule has 15 heavy (non-hydrogen) atoms. The molecule has 0 N–H and O–H groups in total. The minimum Gasteiger partial charge on any atom is -0.236 e. The molecule has 0 saturated carbocycles. The van der Waals surface area contributed by atoms with Crippen LogP contribution in [0.15, 0.2) is 34.6 Å². The van der Waals surface area contributed by atoms with Gasteiger partial charge in [0.1, 0.15) is 9.61 Å². The zero-order chi connectivity index (χ0) is 10.3. The van der Waals surface area contributed by atoms with E-state index in [4.69, 9.17) is 0 Å². The van der Waals surface area contributed by atoms with Gasteiger partial charge in [-0.1, -0.05) is 0 Å². The molecule has 4 nitrogen and oxygen atoms in total. The summed E-state index contributed by atoms with van der Waals surface area (Å²) < 4.78 is 2.59. The van der Waals surface area contributed by atoms with Gasteiger partial charge in [-0.2, -0.15) is 5.10 Å². The predicted molar refractivity (Wildman–Crippen MR) is 61.8 cm³/mol. The molecular formula is C9H5BrN4S. The van der Waals surface area contributed by atoms with E-state index in [-0.39, 0.29) is 0 Å². The van der Waals surface area contributed by atoms with Crippen LogP contribution in [0.3, 0.4) is 0 Å². The summed E-state index contributed by atoms with van der Waals surface area (Å²) in [6, 6.07) is 1.85. The number of hydrogen-bond acceptors (Lipinski definition) is 4. The largest absolute Gasteiger partial charge is 0.236 e. The average molecular weight is 281 g/mol. The van der Waals surface area contributed by atoms with Gasteiger partial charge >= 0.3 is 0 Å². The van der Waals surface area contributed by atoms with E-state index in [0.29, 0.717) is 0 Å². The fraction of sp³-hybridized carbons (Fsp3) is 0. The summed E-state index contributed by atoms with van der Waals surface area (Å²) >= 11 is 4.90. The van der Waals surface area contributed by atoms with Gasteiger partial charge in [0, 0.05) is 17.8 Å². The monoisotopic (exact) mass is 280 g/mol. The molecule has 0 aliphatic heterocycles. The van der Waals surface area contributed by atoms with E-state index < -0.39 is 0 Å². The number of hydrogen-bond donors (Lipinski definition) is 0. The van der Waals surface area contributed by atoms with Crippen LogP contribution in [0.2, 0.25) is 0 Å². The van der Waals surface area contributed by atoms with Gasteiger partial charge in [-0.3, -0.25) is 0 Å². The molecule has 3 aromatic rings. The molecule has 3 heterocycles. The van der Waals surface area contributed by atoms with E-state index in [0.717, 1.165) is 20.8 Å². The minimum atomic E-state index is 0.833. The Kier molecular flexibility index (Phi) is 2.03. The summed E-state index contributed by atoms with van der Waals surface area (Å²) in [5.41, 5.74) is 1.80. The first-order valence-corrected chi connectivity index (χ1v) is 5.91. The summed E-state index contributed by atoms with van der Waals surface area (Å²) in [6.07, 6.45) is 5.41. The maximum atomic E-state index is 4.35. The first-order valence-electron chi connectivity index (χ1n) is 4.24. The van der Waals surface area contributed by atoms with Gasteiger partial charge in [0.05, 0.1) is 11.8 Å². The Morgan fingerprint density at radius 1 is 1.40 bits per heavy atom. The Morgan fingerprint density at radius 2 is 2.33 bits per heavy atom. The van der Waals surface area contributed by atoms with Crippen LogP contribution in [0.5, 0.6) is 0 Å². The summed E-state index contributed by atoms with van der Waals surface area (Å²) in [5, 5.41) is 7.08. The Hall–Kier alpha value is -1.27. The summed E-state index contributed by atoms with van der Waals surface area (Å²) in [5.74, 6) is 0. The number of halogens is 1. The highest BCUT2D eigenvalue weighted by molar-refractivity contribution is 9.10. The molecule has 74 valence electrons. The molecule has 0 saturated heterocycles. The van der Waals surface area contributed by atoms with E-state index >= 15 is 0 Å². The van der Waals surface area contributed by atoms with E-state index in [1.165, 1.54) is 0 Å². The molecule has 6 heteroatoms. The number of thiazole rings is 1. The fourth-order valence-electron chi connectivity index (χ4n) is 1.36. The standard InChI is InChI=1S/C9H5BrN4S/c10-7-5-15-9(13-7)6-4-12-14-3-1-2-11-8(6)14/h1-5H. The van der Waals surface area contributed by atoms with Gasteiger partial charge in [0.15, 0.2) is 5.65 Å². The Morgan fingerprint density at radius 3 is 3.13 bits per heavy atom. The van der Waals surface area contributed by atoms with Crippen molar-refractivity contribution in [2.75, 3.05) is 0 Å². The number of aromatic nitrogens is 4. The summed E-state index contributed by atoms with van der Waals surface area (Å²) in [6.45, 7) is 0. The van der Waals surface area contributed by atoms with Gasteiger partial charge in [0.25, 0.3) is 0 Å². The first kappa shape index (κ1) is 8.99. The molecule has 0 amide bonds. The topological polar surface area (TPSA) is 43.1 Å². The Labute approximate surface area is 97.7 Å². The van der Waals surface area contributed by atoms with E-state index in [2.05, 4.69) is 31.0 Å². The smallest absolute Gasteiger partial charge is 0.165 e. The molecule has 0 aliphatic rings. The van der Waals surface area contributed by atoms with Crippen molar-refractivity contribution in [2.45, 2.75) is 0 Å². The lowest BCUT2D eigenvalue weighted by molar-refractivity contribution is 0.939. The molecule has 0 radical (unpaired) electrons. The maximum absolute atomic E-state index is 4.35. The molecule has 0 unspecified atom stereocenters. The molecule has 3 aromatic heterocycles. The van der Waals surface area contributed by atoms with Crippen LogP contribution >= 0.6 is 27.3 Å². The van der Waals surface area contributed by atoms with Crippen molar-refractivity contribution in [3.63, 3.8) is 0 Å². The zero-order valence-corrected chi connectivity index (χ0v) is 9.86. The van der Waals surface area contributed by atoms with Gasteiger partial charge in [-0.15, -0.1) is 11.3 Å². The van der Waals surface area contributed by atoms with Gasteiger partial charge in [0.2, 0.25) is 0 Å². The van der Waals surface area contributed by atoms with Crippen molar-refractivity contribution in [1.82, 2.24) is 19.6 Å². The molecule has 0 aromatic carbocycles. The second-order valence-electron chi connectivity index (χ2n) is 2.92. The zero-order valence-electron chi connectivity index (χ0n) is 7.46. The molecule has 0 aliphatic carbocycles. The fourth-order valence-corrected chi connectivity index (χ4v) is 2.61. The lowest BCUT2D eigenvalue weighted by Gasteiger charge is -1.92. The minimum absolute atomic E-state index is 0.833. The van der Waals surface area contributed by atoms with Crippen molar-refractivity contribution in [2.24, 2.45) is 0 Å². The third-order valence-electron chi connectivity index (χ3n) is 1.99. The van der Waals surface area contributed by atoms with Crippen molar-refractivity contribution in [3.8, 4) is 10.6 Å². The molecule has 0 spiro atoms. The highest BCUT2D eigenvalue weighted by atomic mass is 79.9. The molecular weight excluding hydrogens is 276 g/mol. The number of rotatable bonds is 1. The number of fused-ring (bicyclic) bond motifs is 1. The summed E-state index contributed by atoms with van der Waals surface area (Å²) in [7, 11) is 0. The average Bonchev–Trinajstić information content (AvgIpc) is 2.83. The van der Waals surface area contributed by atoms with E-state index in [1.807, 2.05) is 17.6 Å². The first-order chi connectivity index (χ1) is 7.34. The lowest BCUT2D eigenvalue weighted by Crippen LogP contribution is -1.87. The van der Waals surface area contributed by atoms with Crippen LogP contribution in [0, 0.1) is 0 Å². The van der Waals surface area contributed by atoms with Crippen LogP contribution in [0.25, 0.3) is 16.2 Å². The lowest BCUT2D eigenvalue weighted by atomic mass is 10.3. The third-order valence-corrected chi connectivity index (χ3v) is 3.57. The van der Waals surface area contributed by atoms with Crippen LogP contribution in [-0.2, 0) is 0 Å². The van der Waals surface area contributed by atoms with Crippen molar-refractivity contribution in [1.29, 1.82) is 0 Å². The second kappa shape index (κ2) is 3.39. The van der Waals surface area contributed by atoms with Crippen LogP contribution in [0.1, 0.15) is 0 Å². The number of nitrogens with zero attached hydrogens (tertiary/aromatic N) is 4. The van der Waals surface area contributed by atoms with Gasteiger partial charge in [-0.25, -0.2) is 14.5 Å². The quantitative estimate of drug-likeness (QED) is 0.688. The Balaban J connectivity index is 2.27. The van der Waals surface area contributed by atoms with Gasteiger partial charge in [-0.05, 0) is 22.0 Å². The van der Waals surface area contributed by atoms with Crippen LogP contribution in [0.4, 0.5) is 0 Å². The van der Waals surface area contributed by atoms with Crippen LogP contribution in [-0.4, -0.2) is 19.6 Å².